The molecule has 0 aliphatic carbocycles. The quantitative estimate of drug-likeness (QED) is 0.736. The van der Waals surface area contributed by atoms with Gasteiger partial charge >= 0.3 is 0 Å². The van der Waals surface area contributed by atoms with E-state index in [9.17, 15) is 9.18 Å². The molecule has 0 spiro atoms. The van der Waals surface area contributed by atoms with Crippen LogP contribution in [0.4, 0.5) is 10.1 Å². The minimum Gasteiger partial charge on any atom is -0.374 e. The summed E-state index contributed by atoms with van der Waals surface area (Å²) in [5, 5.41) is 13.5. The second-order valence-electron chi connectivity index (χ2n) is 3.09. The number of rotatable bonds is 5. The summed E-state index contributed by atoms with van der Waals surface area (Å²) < 4.78 is 13.1. The fourth-order valence-electron chi connectivity index (χ4n) is 1.10. The molecule has 0 radical (unpaired) electrons. The van der Waals surface area contributed by atoms with Crippen molar-refractivity contribution in [3.05, 3.63) is 30.1 Å². The van der Waals surface area contributed by atoms with E-state index in [1.54, 1.807) is 18.2 Å². The molecular weight excluding hydrogens is 209 g/mol. The summed E-state index contributed by atoms with van der Waals surface area (Å²) in [4.78, 5) is 11.2. The lowest BCUT2D eigenvalue weighted by Crippen LogP contribution is -2.30. The Kier molecular flexibility index (Phi) is 4.80. The fraction of sp³-hybridized carbons (Fsp3) is 0.273. The van der Waals surface area contributed by atoms with Crippen molar-refractivity contribution in [3.8, 4) is 6.07 Å². The van der Waals surface area contributed by atoms with Gasteiger partial charge in [-0.3, -0.25) is 4.79 Å². The van der Waals surface area contributed by atoms with Gasteiger partial charge in [0.1, 0.15) is 5.82 Å². The van der Waals surface area contributed by atoms with Crippen LogP contribution in [-0.4, -0.2) is 19.0 Å². The summed E-state index contributed by atoms with van der Waals surface area (Å²) in [5.74, 6) is -0.661. The van der Waals surface area contributed by atoms with Crippen LogP contribution in [0.2, 0.25) is 0 Å². The number of benzene rings is 1. The second-order valence-corrected chi connectivity index (χ2v) is 3.09. The second kappa shape index (κ2) is 6.40. The third kappa shape index (κ3) is 3.96. The highest BCUT2D eigenvalue weighted by atomic mass is 19.1. The van der Waals surface area contributed by atoms with Crippen LogP contribution in [-0.2, 0) is 4.79 Å². The topological polar surface area (TPSA) is 64.9 Å². The standard InChI is InChI=1S/C11H12FN3O/c12-9-4-1-2-5-10(9)15-8-11(16)14-7-3-6-13/h1-2,4-5,15H,3,7-8H2,(H,14,16). The molecule has 0 saturated carbocycles. The summed E-state index contributed by atoms with van der Waals surface area (Å²) in [6.45, 7) is 0.306. The lowest BCUT2D eigenvalue weighted by atomic mass is 10.3. The minimum atomic E-state index is -0.396. The lowest BCUT2D eigenvalue weighted by Gasteiger charge is -2.07. The molecule has 4 nitrogen and oxygen atoms in total. The first-order valence-electron chi connectivity index (χ1n) is 4.86. The first-order chi connectivity index (χ1) is 7.74. The van der Waals surface area contributed by atoms with Gasteiger partial charge in [0.25, 0.3) is 0 Å². The summed E-state index contributed by atoms with van der Waals surface area (Å²) in [5.41, 5.74) is 0.290. The normalized spacial score (nSPS) is 9.25. The molecule has 1 amide bonds. The maximum Gasteiger partial charge on any atom is 0.239 e. The van der Waals surface area contributed by atoms with Crippen molar-refractivity contribution in [1.82, 2.24) is 5.32 Å². The van der Waals surface area contributed by atoms with Gasteiger partial charge in [-0.05, 0) is 12.1 Å². The van der Waals surface area contributed by atoms with Gasteiger partial charge in [0.2, 0.25) is 5.91 Å². The molecule has 1 aromatic carbocycles. The molecule has 2 N–H and O–H groups in total. The van der Waals surface area contributed by atoms with Crippen molar-refractivity contribution in [3.63, 3.8) is 0 Å². The third-order valence-electron chi connectivity index (χ3n) is 1.87. The van der Waals surface area contributed by atoms with Crippen molar-refractivity contribution in [2.75, 3.05) is 18.4 Å². The van der Waals surface area contributed by atoms with Crippen LogP contribution in [0.3, 0.4) is 0 Å². The van der Waals surface area contributed by atoms with E-state index in [0.29, 0.717) is 6.54 Å². The lowest BCUT2D eigenvalue weighted by molar-refractivity contribution is -0.119. The zero-order valence-corrected chi connectivity index (χ0v) is 8.66. The Balaban J connectivity index is 2.32. The van der Waals surface area contributed by atoms with Crippen molar-refractivity contribution in [2.45, 2.75) is 6.42 Å². The molecule has 84 valence electrons. The Morgan fingerprint density at radius 3 is 2.88 bits per heavy atom. The van der Waals surface area contributed by atoms with Gasteiger partial charge in [-0.1, -0.05) is 12.1 Å². The maximum atomic E-state index is 13.1. The fourth-order valence-corrected chi connectivity index (χ4v) is 1.10. The minimum absolute atomic E-state index is 0.00758. The number of anilines is 1. The molecule has 0 fully saturated rings. The number of para-hydroxylation sites is 1. The number of halogens is 1. The number of hydrogen-bond acceptors (Lipinski definition) is 3. The number of amides is 1. The summed E-state index contributed by atoms with van der Waals surface area (Å²) in [6, 6.07) is 8.04. The number of carbonyl (C=O) groups is 1. The van der Waals surface area contributed by atoms with Crippen LogP contribution >= 0.6 is 0 Å². The van der Waals surface area contributed by atoms with E-state index < -0.39 is 5.82 Å². The van der Waals surface area contributed by atoms with Gasteiger partial charge in [-0.15, -0.1) is 0 Å². The van der Waals surface area contributed by atoms with E-state index >= 15 is 0 Å². The van der Waals surface area contributed by atoms with Crippen LogP contribution in [0.1, 0.15) is 6.42 Å². The maximum absolute atomic E-state index is 13.1. The molecule has 0 aliphatic rings. The van der Waals surface area contributed by atoms with E-state index in [2.05, 4.69) is 10.6 Å². The van der Waals surface area contributed by atoms with Crippen molar-refractivity contribution >= 4 is 11.6 Å². The van der Waals surface area contributed by atoms with Crippen LogP contribution in [0.5, 0.6) is 0 Å². The average Bonchev–Trinajstić information content (AvgIpc) is 2.28. The zero-order chi connectivity index (χ0) is 11.8. The van der Waals surface area contributed by atoms with Crippen molar-refractivity contribution in [1.29, 1.82) is 5.26 Å². The summed E-state index contributed by atoms with van der Waals surface area (Å²) in [6.07, 6.45) is 0.269. The zero-order valence-electron chi connectivity index (χ0n) is 8.66. The predicted molar refractivity (Wildman–Crippen MR) is 58.1 cm³/mol. The van der Waals surface area contributed by atoms with Gasteiger partial charge in [0.15, 0.2) is 0 Å². The highest BCUT2D eigenvalue weighted by molar-refractivity contribution is 5.80. The molecule has 1 rings (SSSR count). The van der Waals surface area contributed by atoms with E-state index in [1.807, 2.05) is 6.07 Å². The number of nitriles is 1. The number of nitrogens with zero attached hydrogens (tertiary/aromatic N) is 1. The smallest absolute Gasteiger partial charge is 0.239 e. The third-order valence-corrected chi connectivity index (χ3v) is 1.87. The first-order valence-corrected chi connectivity index (χ1v) is 4.86. The molecule has 16 heavy (non-hydrogen) atoms. The van der Waals surface area contributed by atoms with Crippen LogP contribution in [0.25, 0.3) is 0 Å². The van der Waals surface area contributed by atoms with Gasteiger partial charge in [-0.25, -0.2) is 4.39 Å². The largest absolute Gasteiger partial charge is 0.374 e. The Bertz CT molecular complexity index is 400. The molecule has 0 unspecified atom stereocenters. The van der Waals surface area contributed by atoms with Gasteiger partial charge in [-0.2, -0.15) is 5.26 Å². The average molecular weight is 221 g/mol. The number of nitrogens with one attached hydrogen (secondary N) is 2. The van der Waals surface area contributed by atoms with E-state index in [1.165, 1.54) is 6.07 Å². The Morgan fingerprint density at radius 1 is 1.44 bits per heavy atom. The van der Waals surface area contributed by atoms with Crippen LogP contribution in [0, 0.1) is 17.1 Å². The molecule has 0 atom stereocenters. The molecule has 1 aromatic rings. The Labute approximate surface area is 93.1 Å². The predicted octanol–water partition coefficient (Wildman–Crippen LogP) is 1.27. The Morgan fingerprint density at radius 2 is 2.19 bits per heavy atom. The van der Waals surface area contributed by atoms with Crippen molar-refractivity contribution < 1.29 is 9.18 Å². The van der Waals surface area contributed by atoms with Crippen molar-refractivity contribution in [2.24, 2.45) is 0 Å². The first kappa shape index (κ1) is 12.0. The number of hydrogen-bond donors (Lipinski definition) is 2. The van der Waals surface area contributed by atoms with Crippen LogP contribution in [0.15, 0.2) is 24.3 Å². The summed E-state index contributed by atoms with van der Waals surface area (Å²) >= 11 is 0. The molecule has 0 aliphatic heterocycles. The van der Waals surface area contributed by atoms with E-state index in [0.717, 1.165) is 0 Å². The molecule has 0 aromatic heterocycles. The molecule has 0 saturated heterocycles. The number of carbonyl (C=O) groups excluding carboxylic acids is 1. The van der Waals surface area contributed by atoms with Gasteiger partial charge in [0.05, 0.1) is 24.7 Å². The summed E-state index contributed by atoms with van der Waals surface area (Å²) in [7, 11) is 0. The SMILES string of the molecule is N#CCCNC(=O)CNc1ccccc1F. The highest BCUT2D eigenvalue weighted by Crippen LogP contribution is 2.11. The molecule has 5 heteroatoms. The van der Waals surface area contributed by atoms with E-state index in [-0.39, 0.29) is 24.6 Å². The molecular formula is C11H12FN3O. The molecule has 0 heterocycles. The van der Waals surface area contributed by atoms with E-state index in [4.69, 9.17) is 5.26 Å². The van der Waals surface area contributed by atoms with Gasteiger partial charge in [0, 0.05) is 6.54 Å². The monoisotopic (exact) mass is 221 g/mol. The van der Waals surface area contributed by atoms with Crippen LogP contribution < -0.4 is 10.6 Å². The molecule has 0 bridgehead atoms. The van der Waals surface area contributed by atoms with Gasteiger partial charge < -0.3 is 10.6 Å². The highest BCUT2D eigenvalue weighted by Gasteiger charge is 2.03. The Hall–Kier alpha value is -2.09.